The van der Waals surface area contributed by atoms with Crippen molar-refractivity contribution in [1.29, 1.82) is 0 Å². The molecular weight excluding hydrogens is 686 g/mol. The second kappa shape index (κ2) is 34.7. The molecule has 21 heteroatoms. The first-order valence-electron chi connectivity index (χ1n) is 13.5. The summed E-state index contributed by atoms with van der Waals surface area (Å²) in [5.41, 5.74) is 25.3. The van der Waals surface area contributed by atoms with Gasteiger partial charge in [-0.05, 0) is 37.0 Å². The Kier molecular flexibility index (Phi) is 44.1. The third kappa shape index (κ3) is 53.2. The smallest absolute Gasteiger partial charge is 1.00 e. The normalized spacial score (nSPS) is 12.7. The van der Waals surface area contributed by atoms with Gasteiger partial charge in [0.1, 0.15) is 30.2 Å². The predicted octanol–water partition coefficient (Wildman–Crippen LogP) is -1.08. The van der Waals surface area contributed by atoms with E-state index in [1.165, 1.54) is 0 Å². The fourth-order valence-electron chi connectivity index (χ4n) is 2.38. The van der Waals surface area contributed by atoms with Gasteiger partial charge >= 0.3 is 64.8 Å². The molecule has 0 aromatic carbocycles. The van der Waals surface area contributed by atoms with Crippen molar-refractivity contribution in [3.63, 3.8) is 0 Å². The number of carboxylic acids is 7. The van der Waals surface area contributed by atoms with Crippen LogP contribution in [-0.4, -0.2) is 131 Å². The Labute approximate surface area is 303 Å². The minimum absolute atomic E-state index is 0. The molecule has 47 heavy (non-hydrogen) atoms. The number of hydrogen-bond acceptors (Lipinski definition) is 12. The van der Waals surface area contributed by atoms with Gasteiger partial charge in [-0.1, -0.05) is 41.5 Å². The summed E-state index contributed by atoms with van der Waals surface area (Å²) in [5, 5.41) is 57.0. The van der Waals surface area contributed by atoms with Crippen molar-refractivity contribution in [2.24, 2.45) is 46.4 Å². The molecule has 0 aliphatic carbocycles. The zero-order valence-electron chi connectivity index (χ0n) is 29.6. The Balaban J connectivity index is -0.0000000571. The first kappa shape index (κ1) is 59.8. The second-order valence-electron chi connectivity index (χ2n) is 10.8. The van der Waals surface area contributed by atoms with E-state index in [1.54, 1.807) is 0 Å². The molecule has 0 aliphatic heterocycles. The zero-order valence-corrected chi connectivity index (χ0v) is 30.1. The van der Waals surface area contributed by atoms with Crippen molar-refractivity contribution >= 4 is 64.8 Å². The van der Waals surface area contributed by atoms with Crippen LogP contribution >= 0.6 is 0 Å². The van der Waals surface area contributed by atoms with Crippen LogP contribution in [0.2, 0.25) is 0 Å². The van der Waals surface area contributed by atoms with Gasteiger partial charge in [-0.25, -0.2) is 0 Å². The molecule has 0 aromatic rings. The summed E-state index contributed by atoms with van der Waals surface area (Å²) in [6.07, 6.45) is 0.588. The Hall–Kier alpha value is -2.62. The first-order valence-corrected chi connectivity index (χ1v) is 13.5. The van der Waals surface area contributed by atoms with Gasteiger partial charge in [0.15, 0.2) is 0 Å². The summed E-state index contributed by atoms with van der Waals surface area (Å²) in [7, 11) is 0. The molecule has 0 saturated carbocycles. The molecule has 0 unspecified atom stereocenters. The molecule has 0 saturated heterocycles. The predicted molar refractivity (Wildman–Crippen MR) is 169 cm³/mol. The summed E-state index contributed by atoms with van der Waals surface area (Å²) in [6, 6.07) is -4.65. The van der Waals surface area contributed by atoms with E-state index in [4.69, 9.17) is 64.4 Å². The molecular formula is C26H55FeMgN5O14. The number of nitrogens with two attached hydrogens (primary N) is 5. The summed E-state index contributed by atoms with van der Waals surface area (Å²) in [4.78, 5) is 69.6. The fourth-order valence-corrected chi connectivity index (χ4v) is 2.38. The summed E-state index contributed by atoms with van der Waals surface area (Å²) in [6.45, 7) is 11.7. The van der Waals surface area contributed by atoms with Crippen molar-refractivity contribution < 1.29 is 89.2 Å². The topological polar surface area (TPSA) is 391 Å². The molecule has 0 aromatic heterocycles. The average Bonchev–Trinajstić information content (AvgIpc) is 2.83. The van der Waals surface area contributed by atoms with Gasteiger partial charge in [0.05, 0.1) is 12.8 Å². The maximum absolute atomic E-state index is 10.1. The Bertz CT molecular complexity index is 831. The zero-order chi connectivity index (χ0) is 37.2. The van der Waals surface area contributed by atoms with E-state index in [2.05, 4.69) is 0 Å². The van der Waals surface area contributed by atoms with Crippen LogP contribution < -0.4 is 28.7 Å². The van der Waals surface area contributed by atoms with E-state index in [0.717, 1.165) is 0 Å². The van der Waals surface area contributed by atoms with Gasteiger partial charge in [-0.15, -0.1) is 0 Å². The third-order valence-electron chi connectivity index (χ3n) is 4.55. The summed E-state index contributed by atoms with van der Waals surface area (Å²) >= 11 is 0. The fraction of sp³-hybridized carbons (Fsp3) is 0.731. The average molecular weight is 742 g/mol. The quantitative estimate of drug-likeness (QED) is 0.0888. The molecule has 0 aliphatic rings. The molecule has 5 atom stereocenters. The monoisotopic (exact) mass is 741 g/mol. The Morgan fingerprint density at radius 3 is 0.617 bits per heavy atom. The molecule has 0 spiro atoms. The number of carbonyl (C=O) groups is 7. The SMILES string of the molecule is CC(C)C[C@H](N)C(=O)O.CC(C)C[C@H](N)C(=O)O.CC(C)C[C@H](N)C(=O)O.N[C@@H](CC(=O)O)C(=O)O.N[C@@H](CC(=O)O)C(=O)O.[Fe].[H-].[H-].[Mg+2]. The van der Waals surface area contributed by atoms with Gasteiger partial charge in [-0.3, -0.25) is 33.6 Å². The van der Waals surface area contributed by atoms with E-state index < -0.39 is 84.8 Å². The van der Waals surface area contributed by atoms with Gasteiger partial charge in [0.2, 0.25) is 0 Å². The van der Waals surface area contributed by atoms with Gasteiger partial charge in [0.25, 0.3) is 0 Å². The van der Waals surface area contributed by atoms with Crippen molar-refractivity contribution in [3.05, 3.63) is 0 Å². The standard InChI is InChI=1S/3C6H13NO2.2C4H7NO4.Fe.Mg.2H/c3*1-4(2)3-5(7)6(8)9;2*5-2(4(8)9)1-3(6)7;;;;/h3*4-5H,3,7H2,1-2H3,(H,8,9);2*2H,1,5H2,(H,6,7)(H,8,9);;;;/q;;;;;;+2;2*-1/t3*5-;2*2-;;;;/m00000..../s1. The number of carboxylic acid groups (broad SMARTS) is 7. The minimum atomic E-state index is -1.29. The van der Waals surface area contributed by atoms with Crippen molar-refractivity contribution in [3.8, 4) is 0 Å². The molecule has 0 radical (unpaired) electrons. The number of rotatable bonds is 15. The van der Waals surface area contributed by atoms with Crippen LogP contribution in [0.15, 0.2) is 0 Å². The molecule has 0 heterocycles. The summed E-state index contributed by atoms with van der Waals surface area (Å²) < 4.78 is 0. The van der Waals surface area contributed by atoms with E-state index >= 15 is 0 Å². The molecule has 0 bridgehead atoms. The Morgan fingerprint density at radius 2 is 0.574 bits per heavy atom. The molecule has 0 rings (SSSR count). The van der Waals surface area contributed by atoms with Crippen molar-refractivity contribution in [2.75, 3.05) is 0 Å². The first-order chi connectivity index (χ1) is 20.2. The molecule has 278 valence electrons. The van der Waals surface area contributed by atoms with Crippen LogP contribution in [0.1, 0.15) is 76.5 Å². The van der Waals surface area contributed by atoms with Crippen LogP contribution in [0, 0.1) is 17.8 Å². The largest absolute Gasteiger partial charge is 2.00 e. The molecule has 0 fully saturated rings. The van der Waals surface area contributed by atoms with Crippen LogP contribution in [0.4, 0.5) is 0 Å². The maximum atomic E-state index is 10.1. The summed E-state index contributed by atoms with van der Waals surface area (Å²) in [5.74, 6) is -6.66. The van der Waals surface area contributed by atoms with Gasteiger partial charge < -0.3 is 67.3 Å². The number of hydrogen-bond donors (Lipinski definition) is 12. The number of aliphatic carboxylic acids is 7. The van der Waals surface area contributed by atoms with Gasteiger partial charge in [-0.2, -0.15) is 0 Å². The third-order valence-corrected chi connectivity index (χ3v) is 4.55. The van der Waals surface area contributed by atoms with E-state index in [9.17, 15) is 33.6 Å². The molecule has 0 amide bonds. The molecule has 19 nitrogen and oxygen atoms in total. The van der Waals surface area contributed by atoms with Gasteiger partial charge in [0, 0.05) is 17.1 Å². The minimum Gasteiger partial charge on any atom is -1.00 e. The van der Waals surface area contributed by atoms with E-state index in [1.807, 2.05) is 41.5 Å². The van der Waals surface area contributed by atoms with Crippen LogP contribution in [0.25, 0.3) is 0 Å². The van der Waals surface area contributed by atoms with E-state index in [-0.39, 0.29) is 43.0 Å². The van der Waals surface area contributed by atoms with Crippen molar-refractivity contribution in [1.82, 2.24) is 0 Å². The molecule has 17 N–H and O–H groups in total. The van der Waals surface area contributed by atoms with Crippen LogP contribution in [0.3, 0.4) is 0 Å². The maximum Gasteiger partial charge on any atom is 2.00 e. The van der Waals surface area contributed by atoms with Crippen LogP contribution in [-0.2, 0) is 50.6 Å². The Morgan fingerprint density at radius 1 is 0.426 bits per heavy atom. The van der Waals surface area contributed by atoms with Crippen LogP contribution in [0.5, 0.6) is 0 Å². The second-order valence-corrected chi connectivity index (χ2v) is 10.8. The van der Waals surface area contributed by atoms with Crippen molar-refractivity contribution in [2.45, 2.75) is 104 Å². The van der Waals surface area contributed by atoms with E-state index in [0.29, 0.717) is 37.0 Å².